The van der Waals surface area contributed by atoms with Crippen LogP contribution in [0, 0.1) is 0 Å². The van der Waals surface area contributed by atoms with Crippen molar-refractivity contribution in [3.8, 4) is 0 Å². The van der Waals surface area contributed by atoms with Crippen LogP contribution in [0.2, 0.25) is 10.8 Å². The topological polar surface area (TPSA) is 0 Å². The fraction of sp³-hybridized carbons (Fsp3) is 1.00. The molecule has 0 radical (unpaired) electrons. The summed E-state index contributed by atoms with van der Waals surface area (Å²) in [6.07, 6.45) is 50.2. The van der Waals surface area contributed by atoms with Crippen molar-refractivity contribution in [2.45, 2.75) is 243 Å². The molecule has 0 atom stereocenters. The van der Waals surface area contributed by atoms with E-state index in [1.54, 1.807) is 0 Å². The Morgan fingerprint density at radius 3 is 0.538 bits per heavy atom. The van der Waals surface area contributed by atoms with Crippen molar-refractivity contribution in [3.63, 3.8) is 0 Å². The molecule has 0 saturated carbocycles. The maximum atomic E-state index is 2.31. The first-order valence-electron chi connectivity index (χ1n) is 18.9. The van der Waals surface area contributed by atoms with Crippen LogP contribution in [0.5, 0.6) is 0 Å². The van der Waals surface area contributed by atoms with E-state index in [9.17, 15) is 0 Å². The van der Waals surface area contributed by atoms with Gasteiger partial charge < -0.3 is 0 Å². The molecule has 0 N–H and O–H groups in total. The van der Waals surface area contributed by atoms with E-state index in [1.165, 1.54) is 229 Å². The molecule has 0 aliphatic rings. The Morgan fingerprint density at radius 1 is 0.205 bits per heavy atom. The SMILES string of the molecule is CCCCCCCCCCCCCCCCCC[CH2][Ni][CH2]CCCCCCCCCCCCCCCCCC. The Hall–Kier alpha value is 0.494. The van der Waals surface area contributed by atoms with Crippen LogP contribution in [0.15, 0.2) is 0 Å². The van der Waals surface area contributed by atoms with Crippen molar-refractivity contribution in [1.29, 1.82) is 0 Å². The molecular formula is C38H78Ni. The zero-order valence-corrected chi connectivity index (χ0v) is 28.8. The van der Waals surface area contributed by atoms with Crippen molar-refractivity contribution >= 4 is 0 Å². The minimum absolute atomic E-state index is 1.37. The summed E-state index contributed by atoms with van der Waals surface area (Å²) in [6.45, 7) is 4.62. The van der Waals surface area contributed by atoms with E-state index in [4.69, 9.17) is 0 Å². The first kappa shape index (κ1) is 39.5. The van der Waals surface area contributed by atoms with Gasteiger partial charge in [0.25, 0.3) is 0 Å². The number of unbranched alkanes of at least 4 members (excludes halogenated alkanes) is 32. The molecule has 39 heavy (non-hydrogen) atoms. The van der Waals surface area contributed by atoms with Crippen LogP contribution < -0.4 is 0 Å². The second kappa shape index (κ2) is 38.5. The van der Waals surface area contributed by atoms with Crippen molar-refractivity contribution in [1.82, 2.24) is 0 Å². The normalized spacial score (nSPS) is 11.6. The van der Waals surface area contributed by atoms with Crippen LogP contribution >= 0.6 is 0 Å². The van der Waals surface area contributed by atoms with Gasteiger partial charge in [0, 0.05) is 0 Å². The van der Waals surface area contributed by atoms with Gasteiger partial charge in [-0.3, -0.25) is 0 Å². The molecule has 0 aromatic rings. The third kappa shape index (κ3) is 38.5. The van der Waals surface area contributed by atoms with E-state index >= 15 is 0 Å². The zero-order valence-electron chi connectivity index (χ0n) is 27.8. The average Bonchev–Trinajstić information content (AvgIpc) is 2.95. The summed E-state index contributed by atoms with van der Waals surface area (Å²) < 4.78 is 0. The Kier molecular flexibility index (Phi) is 39.0. The minimum atomic E-state index is 1.37. The monoisotopic (exact) mass is 593 g/mol. The molecule has 0 rings (SSSR count). The third-order valence-corrected chi connectivity index (χ3v) is 10.1. The van der Waals surface area contributed by atoms with Crippen molar-refractivity contribution in [2.24, 2.45) is 0 Å². The molecule has 0 unspecified atom stereocenters. The van der Waals surface area contributed by atoms with Gasteiger partial charge in [-0.2, -0.15) is 0 Å². The molecule has 0 bridgehead atoms. The summed E-state index contributed by atoms with van der Waals surface area (Å²) in [6, 6.07) is 0. The van der Waals surface area contributed by atoms with E-state index in [0.717, 1.165) is 0 Å². The number of rotatable bonds is 36. The minimum Gasteiger partial charge on any atom is -0.0654 e. The maximum absolute atomic E-state index is 2.31. The van der Waals surface area contributed by atoms with Crippen molar-refractivity contribution in [2.75, 3.05) is 0 Å². The summed E-state index contributed by atoms with van der Waals surface area (Å²) in [5.74, 6) is 0. The van der Waals surface area contributed by atoms with Gasteiger partial charge in [0.1, 0.15) is 0 Å². The summed E-state index contributed by atoms with van der Waals surface area (Å²) in [7, 11) is 0. The van der Waals surface area contributed by atoms with Gasteiger partial charge in [-0.05, 0) is 0 Å². The van der Waals surface area contributed by atoms with Crippen molar-refractivity contribution < 1.29 is 14.4 Å². The van der Waals surface area contributed by atoms with Crippen LogP contribution in [0.1, 0.15) is 232 Å². The Bertz CT molecular complexity index is 356. The summed E-state index contributed by atoms with van der Waals surface area (Å²) in [5.41, 5.74) is 0. The molecular weight excluding hydrogens is 515 g/mol. The van der Waals surface area contributed by atoms with E-state index in [1.807, 2.05) is 14.4 Å². The molecule has 0 aromatic carbocycles. The van der Waals surface area contributed by atoms with Crippen LogP contribution in [0.4, 0.5) is 0 Å². The molecule has 0 amide bonds. The van der Waals surface area contributed by atoms with Crippen LogP contribution in [-0.4, -0.2) is 0 Å². The molecule has 240 valence electrons. The van der Waals surface area contributed by atoms with E-state index in [0.29, 0.717) is 0 Å². The molecule has 0 aliphatic carbocycles. The first-order valence-corrected chi connectivity index (χ1v) is 20.3. The Balaban J connectivity index is 3.01. The predicted octanol–water partition coefficient (Wildman–Crippen LogP) is 15.2. The number of hydrogen-bond donors (Lipinski definition) is 0. The van der Waals surface area contributed by atoms with E-state index < -0.39 is 0 Å². The van der Waals surface area contributed by atoms with Gasteiger partial charge in [-0.15, -0.1) is 0 Å². The second-order valence-corrected chi connectivity index (χ2v) is 14.3. The van der Waals surface area contributed by atoms with Crippen LogP contribution in [0.3, 0.4) is 0 Å². The van der Waals surface area contributed by atoms with Crippen molar-refractivity contribution in [3.05, 3.63) is 0 Å². The van der Waals surface area contributed by atoms with Gasteiger partial charge in [-0.25, -0.2) is 0 Å². The molecule has 0 nitrogen and oxygen atoms in total. The zero-order chi connectivity index (χ0) is 28.2. The van der Waals surface area contributed by atoms with Gasteiger partial charge in [0.2, 0.25) is 0 Å². The molecule has 0 aliphatic heterocycles. The fourth-order valence-corrected chi connectivity index (χ4v) is 7.08. The smallest absolute Gasteiger partial charge is 0.0654 e. The molecule has 0 heterocycles. The predicted molar refractivity (Wildman–Crippen MR) is 178 cm³/mol. The molecule has 1 heteroatoms. The second-order valence-electron chi connectivity index (χ2n) is 12.8. The third-order valence-electron chi connectivity index (χ3n) is 8.65. The Morgan fingerprint density at radius 2 is 0.359 bits per heavy atom. The van der Waals surface area contributed by atoms with Crippen LogP contribution in [0.25, 0.3) is 0 Å². The summed E-state index contributed by atoms with van der Waals surface area (Å²) >= 11 is 2.05. The van der Waals surface area contributed by atoms with Gasteiger partial charge in [0.05, 0.1) is 0 Å². The Labute approximate surface area is 256 Å². The molecule has 0 spiro atoms. The van der Waals surface area contributed by atoms with Crippen LogP contribution in [-0.2, 0) is 14.4 Å². The van der Waals surface area contributed by atoms with E-state index in [2.05, 4.69) is 13.8 Å². The van der Waals surface area contributed by atoms with Gasteiger partial charge >= 0.3 is 166 Å². The van der Waals surface area contributed by atoms with E-state index in [-0.39, 0.29) is 0 Å². The molecule has 0 aromatic heterocycles. The fourth-order valence-electron chi connectivity index (χ4n) is 5.85. The first-order chi connectivity index (χ1) is 19.4. The quantitative estimate of drug-likeness (QED) is 0.0501. The summed E-state index contributed by atoms with van der Waals surface area (Å²) in [4.78, 5) is 0. The number of hydrogen-bond acceptors (Lipinski definition) is 0. The molecule has 0 fully saturated rings. The van der Waals surface area contributed by atoms with Gasteiger partial charge in [-0.1, -0.05) is 90.9 Å². The standard InChI is InChI=1S/2C19H39.Ni/c2*1-3-5-7-9-11-13-15-17-19-18-16-14-12-10-8-6-4-2;/h2*1,3-19H2,2H3;. The van der Waals surface area contributed by atoms with Gasteiger partial charge in [0.15, 0.2) is 0 Å². The average molecular weight is 594 g/mol. The molecule has 0 saturated heterocycles. The summed E-state index contributed by atoms with van der Waals surface area (Å²) in [5, 5.41) is 2.87.